The first-order valence-electron chi connectivity index (χ1n) is 15.5. The van der Waals surface area contributed by atoms with Gasteiger partial charge >= 0.3 is 0 Å². The number of hydrogen-bond acceptors (Lipinski definition) is 1. The van der Waals surface area contributed by atoms with E-state index >= 15 is 0 Å². The maximum atomic E-state index is 6.17. The third-order valence-electron chi connectivity index (χ3n) is 9.15. The van der Waals surface area contributed by atoms with Crippen LogP contribution in [0.5, 0.6) is 5.75 Å². The van der Waals surface area contributed by atoms with Gasteiger partial charge in [0.25, 0.3) is 0 Å². The second-order valence-corrected chi connectivity index (χ2v) is 11.8. The van der Waals surface area contributed by atoms with Crippen molar-refractivity contribution in [1.29, 1.82) is 0 Å². The van der Waals surface area contributed by atoms with E-state index in [4.69, 9.17) is 4.74 Å². The van der Waals surface area contributed by atoms with Crippen LogP contribution in [-0.4, -0.2) is 6.61 Å². The molecule has 2 aliphatic rings. The first kappa shape index (κ1) is 27.6. The van der Waals surface area contributed by atoms with Gasteiger partial charge in [-0.2, -0.15) is 0 Å². The smallest absolute Gasteiger partial charge is 0.119 e. The van der Waals surface area contributed by atoms with E-state index in [0.717, 1.165) is 36.0 Å². The highest BCUT2D eigenvalue weighted by Gasteiger charge is 2.24. The Hall–Kier alpha value is -0.980. The van der Waals surface area contributed by atoms with Crippen molar-refractivity contribution in [1.82, 2.24) is 0 Å². The molecule has 3 rings (SSSR count). The summed E-state index contributed by atoms with van der Waals surface area (Å²) in [6.07, 6.45) is 28.4. The van der Waals surface area contributed by atoms with Crippen molar-refractivity contribution in [3.63, 3.8) is 0 Å². The zero-order valence-corrected chi connectivity index (χ0v) is 22.9. The largest absolute Gasteiger partial charge is 0.494 e. The third-order valence-corrected chi connectivity index (χ3v) is 9.15. The van der Waals surface area contributed by atoms with Crippen LogP contribution in [0.25, 0.3) is 0 Å². The predicted molar refractivity (Wildman–Crippen MR) is 149 cm³/mol. The van der Waals surface area contributed by atoms with Crippen molar-refractivity contribution in [2.45, 2.75) is 148 Å². The topological polar surface area (TPSA) is 9.23 Å². The maximum absolute atomic E-state index is 6.17. The van der Waals surface area contributed by atoms with Crippen LogP contribution in [-0.2, 0) is 0 Å². The Morgan fingerprint density at radius 2 is 1.21 bits per heavy atom. The van der Waals surface area contributed by atoms with E-state index in [1.54, 1.807) is 5.56 Å². The van der Waals surface area contributed by atoms with Crippen molar-refractivity contribution >= 4 is 0 Å². The van der Waals surface area contributed by atoms with Crippen LogP contribution in [0, 0.1) is 17.8 Å². The molecule has 194 valence electrons. The summed E-state index contributed by atoms with van der Waals surface area (Å²) in [5.41, 5.74) is 1.55. The summed E-state index contributed by atoms with van der Waals surface area (Å²) in [5, 5.41) is 0. The van der Waals surface area contributed by atoms with E-state index in [0.29, 0.717) is 0 Å². The Balaban J connectivity index is 1.30. The maximum Gasteiger partial charge on any atom is 0.119 e. The van der Waals surface area contributed by atoms with Gasteiger partial charge in [-0.25, -0.2) is 0 Å². The average Bonchev–Trinajstić information content (AvgIpc) is 2.88. The Morgan fingerprint density at radius 3 is 1.82 bits per heavy atom. The van der Waals surface area contributed by atoms with Gasteiger partial charge in [0.15, 0.2) is 0 Å². The summed E-state index contributed by atoms with van der Waals surface area (Å²) < 4.78 is 6.17. The van der Waals surface area contributed by atoms with E-state index in [1.807, 2.05) is 0 Å². The lowest BCUT2D eigenvalue weighted by atomic mass is 9.74. The Labute approximate surface area is 212 Å². The van der Waals surface area contributed by atoms with Crippen molar-refractivity contribution in [2.24, 2.45) is 17.8 Å². The van der Waals surface area contributed by atoms with E-state index in [2.05, 4.69) is 38.1 Å². The fourth-order valence-electron chi connectivity index (χ4n) is 6.89. The highest BCUT2D eigenvalue weighted by molar-refractivity contribution is 5.29. The molecule has 0 amide bonds. The summed E-state index contributed by atoms with van der Waals surface area (Å²) in [4.78, 5) is 0. The van der Waals surface area contributed by atoms with E-state index < -0.39 is 0 Å². The van der Waals surface area contributed by atoms with Crippen LogP contribution < -0.4 is 4.74 Å². The van der Waals surface area contributed by atoms with Crippen LogP contribution in [0.15, 0.2) is 24.3 Å². The summed E-state index contributed by atoms with van der Waals surface area (Å²) in [6, 6.07) is 9.19. The average molecular weight is 469 g/mol. The Bertz CT molecular complexity index is 612. The van der Waals surface area contributed by atoms with Crippen molar-refractivity contribution < 1.29 is 4.74 Å². The molecule has 0 aliphatic heterocycles. The highest BCUT2D eigenvalue weighted by Crippen LogP contribution is 2.39. The van der Waals surface area contributed by atoms with E-state index in [9.17, 15) is 0 Å². The van der Waals surface area contributed by atoms with Crippen LogP contribution in [0.1, 0.15) is 154 Å². The second-order valence-electron chi connectivity index (χ2n) is 11.8. The van der Waals surface area contributed by atoms with Crippen molar-refractivity contribution in [3.05, 3.63) is 29.8 Å². The van der Waals surface area contributed by atoms with Gasteiger partial charge in [-0.05, 0) is 79.9 Å². The highest BCUT2D eigenvalue weighted by atomic mass is 16.5. The molecule has 34 heavy (non-hydrogen) atoms. The molecule has 1 nitrogen and oxygen atoms in total. The lowest BCUT2D eigenvalue weighted by Crippen LogP contribution is -2.20. The van der Waals surface area contributed by atoms with Crippen LogP contribution in [0.2, 0.25) is 0 Å². The monoisotopic (exact) mass is 468 g/mol. The van der Waals surface area contributed by atoms with Crippen molar-refractivity contribution in [2.75, 3.05) is 6.61 Å². The number of benzene rings is 1. The van der Waals surface area contributed by atoms with Gasteiger partial charge in [-0.15, -0.1) is 0 Å². The number of rotatable bonds is 16. The summed E-state index contributed by atoms with van der Waals surface area (Å²) in [7, 11) is 0. The lowest BCUT2D eigenvalue weighted by Gasteiger charge is -2.32. The first-order chi connectivity index (χ1) is 16.8. The van der Waals surface area contributed by atoms with Gasteiger partial charge < -0.3 is 4.74 Å². The molecular weight excluding hydrogens is 412 g/mol. The molecule has 0 radical (unpaired) electrons. The van der Waals surface area contributed by atoms with Crippen LogP contribution >= 0.6 is 0 Å². The van der Waals surface area contributed by atoms with Gasteiger partial charge in [0.1, 0.15) is 5.75 Å². The van der Waals surface area contributed by atoms with Crippen LogP contribution in [0.4, 0.5) is 0 Å². The molecule has 1 aromatic carbocycles. The second kappa shape index (κ2) is 16.6. The molecule has 0 aromatic heterocycles. The number of hydrogen-bond donors (Lipinski definition) is 0. The predicted octanol–water partition coefficient (Wildman–Crippen LogP) is 10.9. The van der Waals surface area contributed by atoms with Gasteiger partial charge in [-0.3, -0.25) is 0 Å². The van der Waals surface area contributed by atoms with E-state index in [-0.39, 0.29) is 0 Å². The molecular formula is C33H56O. The zero-order chi connectivity index (χ0) is 23.8. The minimum atomic E-state index is 0.779. The lowest BCUT2D eigenvalue weighted by molar-refractivity contribution is 0.190. The van der Waals surface area contributed by atoms with Gasteiger partial charge in [0, 0.05) is 0 Å². The quantitative estimate of drug-likeness (QED) is 0.219. The molecule has 1 heteroatoms. The molecule has 0 bridgehead atoms. The normalized spacial score (nSPS) is 25.4. The van der Waals surface area contributed by atoms with Gasteiger partial charge in [0.05, 0.1) is 6.61 Å². The number of ether oxygens (including phenoxy) is 1. The molecule has 2 fully saturated rings. The zero-order valence-electron chi connectivity index (χ0n) is 22.9. The van der Waals surface area contributed by atoms with Gasteiger partial charge in [-0.1, -0.05) is 116 Å². The Kier molecular flexibility index (Phi) is 13.5. The fraction of sp³-hybridized carbons (Fsp3) is 0.818. The molecule has 0 heterocycles. The standard InChI is InChI=1S/C33H56O/c1-3-5-7-9-14-28-19-21-31(22-20-28)32-23-25-33(26-24-32)34-27-13-18-30-17-12-11-16-29(30)15-10-8-6-4-2/h23-26,28-31H,3-22,27H2,1-2H3. The van der Waals surface area contributed by atoms with E-state index in [1.165, 1.54) is 128 Å². The third kappa shape index (κ3) is 9.94. The van der Waals surface area contributed by atoms with Crippen LogP contribution in [0.3, 0.4) is 0 Å². The summed E-state index contributed by atoms with van der Waals surface area (Å²) in [6.45, 7) is 5.52. The number of unbranched alkanes of at least 4 members (excludes halogenated alkanes) is 6. The molecule has 0 spiro atoms. The Morgan fingerprint density at radius 1 is 0.618 bits per heavy atom. The van der Waals surface area contributed by atoms with Gasteiger partial charge in [0.2, 0.25) is 0 Å². The molecule has 2 saturated carbocycles. The minimum Gasteiger partial charge on any atom is -0.494 e. The fourth-order valence-corrected chi connectivity index (χ4v) is 6.89. The SMILES string of the molecule is CCCCCCC1CCC(c2ccc(OCCCC3CCCCC3CCCCCC)cc2)CC1. The molecule has 2 aliphatic carbocycles. The molecule has 2 atom stereocenters. The first-order valence-corrected chi connectivity index (χ1v) is 15.5. The molecule has 1 aromatic rings. The molecule has 0 N–H and O–H groups in total. The molecule has 2 unspecified atom stereocenters. The summed E-state index contributed by atoms with van der Waals surface area (Å²) in [5.74, 6) is 4.81. The minimum absolute atomic E-state index is 0.779. The van der Waals surface area contributed by atoms with Crippen molar-refractivity contribution in [3.8, 4) is 5.75 Å². The summed E-state index contributed by atoms with van der Waals surface area (Å²) >= 11 is 0. The molecule has 0 saturated heterocycles.